The molecule has 2 unspecified atom stereocenters. The van der Waals surface area contributed by atoms with E-state index in [2.05, 4.69) is 0 Å². The van der Waals surface area contributed by atoms with Crippen LogP contribution in [-0.4, -0.2) is 23.4 Å². The standard InChI is InChI=1S/C11H11NO3/c12-11(15)10-8-3-6(5-13)1-2-7(8)4-9(10)14/h1-3,5,9-10,14H,4H2,(H2,12,15). The molecule has 0 saturated heterocycles. The van der Waals surface area contributed by atoms with Gasteiger partial charge in [-0.15, -0.1) is 0 Å². The smallest absolute Gasteiger partial charge is 0.227 e. The van der Waals surface area contributed by atoms with Gasteiger partial charge in [0.2, 0.25) is 5.91 Å². The van der Waals surface area contributed by atoms with Crippen LogP contribution in [0.2, 0.25) is 0 Å². The number of primary amides is 1. The van der Waals surface area contributed by atoms with Crippen LogP contribution in [0.25, 0.3) is 0 Å². The molecule has 0 aliphatic heterocycles. The predicted molar refractivity (Wildman–Crippen MR) is 53.5 cm³/mol. The lowest BCUT2D eigenvalue weighted by Gasteiger charge is -2.11. The molecule has 2 rings (SSSR count). The van der Waals surface area contributed by atoms with Crippen LogP contribution in [-0.2, 0) is 11.2 Å². The van der Waals surface area contributed by atoms with Crippen LogP contribution in [0.1, 0.15) is 27.4 Å². The van der Waals surface area contributed by atoms with Crippen molar-refractivity contribution < 1.29 is 14.7 Å². The van der Waals surface area contributed by atoms with Crippen LogP contribution in [0.15, 0.2) is 18.2 Å². The van der Waals surface area contributed by atoms with Gasteiger partial charge in [-0.25, -0.2) is 0 Å². The quantitative estimate of drug-likeness (QED) is 0.666. The minimum atomic E-state index is -0.764. The number of aldehydes is 1. The Kier molecular flexibility index (Phi) is 2.28. The van der Waals surface area contributed by atoms with E-state index in [1.54, 1.807) is 18.2 Å². The maximum atomic E-state index is 11.1. The first-order valence-electron chi connectivity index (χ1n) is 4.69. The van der Waals surface area contributed by atoms with Crippen molar-refractivity contribution in [3.05, 3.63) is 34.9 Å². The van der Waals surface area contributed by atoms with Gasteiger partial charge in [-0.3, -0.25) is 9.59 Å². The summed E-state index contributed by atoms with van der Waals surface area (Å²) < 4.78 is 0. The average molecular weight is 205 g/mol. The van der Waals surface area contributed by atoms with E-state index in [0.717, 1.165) is 5.56 Å². The lowest BCUT2D eigenvalue weighted by atomic mass is 9.98. The van der Waals surface area contributed by atoms with E-state index < -0.39 is 17.9 Å². The van der Waals surface area contributed by atoms with Crippen molar-refractivity contribution in [3.63, 3.8) is 0 Å². The molecule has 0 radical (unpaired) electrons. The van der Waals surface area contributed by atoms with E-state index in [9.17, 15) is 14.7 Å². The number of fused-ring (bicyclic) bond motifs is 1. The molecule has 78 valence electrons. The van der Waals surface area contributed by atoms with Crippen LogP contribution in [0, 0.1) is 0 Å². The van der Waals surface area contributed by atoms with Crippen LogP contribution in [0.3, 0.4) is 0 Å². The molecule has 0 fully saturated rings. The molecule has 4 nitrogen and oxygen atoms in total. The monoisotopic (exact) mass is 205 g/mol. The Labute approximate surface area is 86.7 Å². The fourth-order valence-electron chi connectivity index (χ4n) is 2.06. The fraction of sp³-hybridized carbons (Fsp3) is 0.273. The van der Waals surface area contributed by atoms with Crippen LogP contribution in [0.5, 0.6) is 0 Å². The van der Waals surface area contributed by atoms with E-state index in [0.29, 0.717) is 23.8 Å². The Morgan fingerprint density at radius 1 is 1.53 bits per heavy atom. The summed E-state index contributed by atoms with van der Waals surface area (Å²) in [5.41, 5.74) is 7.27. The highest BCUT2D eigenvalue weighted by atomic mass is 16.3. The zero-order chi connectivity index (χ0) is 11.0. The molecule has 0 bridgehead atoms. The third-order valence-electron chi connectivity index (χ3n) is 2.76. The number of hydrogen-bond donors (Lipinski definition) is 2. The zero-order valence-corrected chi connectivity index (χ0v) is 8.01. The Morgan fingerprint density at radius 3 is 2.87 bits per heavy atom. The minimum Gasteiger partial charge on any atom is -0.392 e. The van der Waals surface area contributed by atoms with Gasteiger partial charge in [0.1, 0.15) is 6.29 Å². The van der Waals surface area contributed by atoms with Crippen molar-refractivity contribution in [3.8, 4) is 0 Å². The number of rotatable bonds is 2. The van der Waals surface area contributed by atoms with E-state index in [-0.39, 0.29) is 0 Å². The summed E-state index contributed by atoms with van der Waals surface area (Å²) in [4.78, 5) is 21.7. The molecule has 1 aliphatic rings. The second-order valence-corrected chi connectivity index (χ2v) is 3.73. The van der Waals surface area contributed by atoms with Gasteiger partial charge in [0.05, 0.1) is 12.0 Å². The number of carbonyl (C=O) groups is 2. The van der Waals surface area contributed by atoms with E-state index in [1.807, 2.05) is 0 Å². The largest absolute Gasteiger partial charge is 0.392 e. The Bertz CT molecular complexity index is 428. The van der Waals surface area contributed by atoms with Gasteiger partial charge in [-0.1, -0.05) is 12.1 Å². The summed E-state index contributed by atoms with van der Waals surface area (Å²) in [5, 5.41) is 9.66. The topological polar surface area (TPSA) is 80.4 Å². The molecule has 0 saturated carbocycles. The van der Waals surface area contributed by atoms with Gasteiger partial charge >= 0.3 is 0 Å². The van der Waals surface area contributed by atoms with Gasteiger partial charge < -0.3 is 10.8 Å². The van der Waals surface area contributed by atoms with Crippen molar-refractivity contribution in [1.29, 1.82) is 0 Å². The van der Waals surface area contributed by atoms with Gasteiger partial charge in [-0.2, -0.15) is 0 Å². The average Bonchev–Trinajstić information content (AvgIpc) is 2.52. The molecule has 3 N–H and O–H groups in total. The summed E-state index contributed by atoms with van der Waals surface area (Å²) in [7, 11) is 0. The summed E-state index contributed by atoms with van der Waals surface area (Å²) in [5.74, 6) is -1.23. The summed E-state index contributed by atoms with van der Waals surface area (Å²) in [6.07, 6.45) is 0.366. The first-order chi connectivity index (χ1) is 7.13. The third-order valence-corrected chi connectivity index (χ3v) is 2.76. The number of carbonyl (C=O) groups excluding carboxylic acids is 2. The number of hydrogen-bond acceptors (Lipinski definition) is 3. The summed E-state index contributed by atoms with van der Waals surface area (Å²) in [6.45, 7) is 0. The highest BCUT2D eigenvalue weighted by Crippen LogP contribution is 2.33. The fourth-order valence-corrected chi connectivity index (χ4v) is 2.06. The van der Waals surface area contributed by atoms with Crippen LogP contribution >= 0.6 is 0 Å². The lowest BCUT2D eigenvalue weighted by molar-refractivity contribution is -0.121. The normalized spacial score (nSPS) is 23.5. The molecule has 0 aromatic heterocycles. The summed E-state index contributed by atoms with van der Waals surface area (Å²) >= 11 is 0. The molecule has 0 spiro atoms. The van der Waals surface area contributed by atoms with E-state index in [1.165, 1.54) is 0 Å². The maximum absolute atomic E-state index is 11.1. The summed E-state index contributed by atoms with van der Waals surface area (Å²) in [6, 6.07) is 5.04. The Balaban J connectivity index is 2.50. The van der Waals surface area contributed by atoms with Crippen LogP contribution < -0.4 is 5.73 Å². The van der Waals surface area contributed by atoms with Gasteiger partial charge in [0.15, 0.2) is 0 Å². The number of aliphatic hydroxyl groups excluding tert-OH is 1. The number of benzene rings is 1. The predicted octanol–water partition coefficient (Wildman–Crippen LogP) is -0.0150. The number of amides is 1. The van der Waals surface area contributed by atoms with E-state index in [4.69, 9.17) is 5.73 Å². The molecule has 1 aromatic carbocycles. The van der Waals surface area contributed by atoms with Crippen molar-refractivity contribution in [2.24, 2.45) is 5.73 Å². The highest BCUT2D eigenvalue weighted by Gasteiger charge is 2.35. The minimum absolute atomic E-state index is 0.419. The van der Waals surface area contributed by atoms with Crippen molar-refractivity contribution in [1.82, 2.24) is 0 Å². The van der Waals surface area contributed by atoms with Gasteiger partial charge in [0.25, 0.3) is 0 Å². The molecular weight excluding hydrogens is 194 g/mol. The zero-order valence-electron chi connectivity index (χ0n) is 8.01. The van der Waals surface area contributed by atoms with Crippen molar-refractivity contribution in [2.45, 2.75) is 18.4 Å². The lowest BCUT2D eigenvalue weighted by Crippen LogP contribution is -2.28. The molecule has 1 aromatic rings. The first kappa shape index (κ1) is 9.86. The first-order valence-corrected chi connectivity index (χ1v) is 4.69. The highest BCUT2D eigenvalue weighted by molar-refractivity contribution is 5.85. The molecule has 4 heteroatoms. The second kappa shape index (κ2) is 3.47. The molecule has 1 aliphatic carbocycles. The van der Waals surface area contributed by atoms with Gasteiger partial charge in [0, 0.05) is 5.56 Å². The number of nitrogens with two attached hydrogens (primary N) is 1. The van der Waals surface area contributed by atoms with Crippen molar-refractivity contribution >= 4 is 12.2 Å². The Morgan fingerprint density at radius 2 is 2.27 bits per heavy atom. The molecule has 15 heavy (non-hydrogen) atoms. The molecular formula is C11H11NO3. The second-order valence-electron chi connectivity index (χ2n) is 3.73. The van der Waals surface area contributed by atoms with Crippen molar-refractivity contribution in [2.75, 3.05) is 0 Å². The van der Waals surface area contributed by atoms with Crippen LogP contribution in [0.4, 0.5) is 0 Å². The number of aliphatic hydroxyl groups is 1. The van der Waals surface area contributed by atoms with E-state index >= 15 is 0 Å². The Hall–Kier alpha value is -1.68. The SMILES string of the molecule is NC(=O)C1c2cc(C=O)ccc2CC1O. The molecule has 1 amide bonds. The van der Waals surface area contributed by atoms with Gasteiger partial charge in [-0.05, 0) is 23.6 Å². The maximum Gasteiger partial charge on any atom is 0.227 e. The molecule has 2 atom stereocenters. The molecule has 0 heterocycles. The third kappa shape index (κ3) is 1.53.